The highest BCUT2D eigenvalue weighted by Crippen LogP contribution is 2.37. The predicted molar refractivity (Wildman–Crippen MR) is 144 cm³/mol. The van der Waals surface area contributed by atoms with Crippen LogP contribution in [-0.4, -0.2) is 56.5 Å². The minimum atomic E-state index is -0.280. The van der Waals surface area contributed by atoms with E-state index in [0.29, 0.717) is 40.2 Å². The summed E-state index contributed by atoms with van der Waals surface area (Å²) in [6, 6.07) is 10.7. The van der Waals surface area contributed by atoms with Crippen LogP contribution in [0, 0.1) is 24.2 Å². The topological polar surface area (TPSA) is 155 Å². The van der Waals surface area contributed by atoms with Gasteiger partial charge in [0.05, 0.1) is 11.8 Å². The number of nitrogens with one attached hydrogen (secondary N) is 2. The molecule has 194 valence electrons. The zero-order chi connectivity index (χ0) is 26.8. The Balaban J connectivity index is 1.28. The summed E-state index contributed by atoms with van der Waals surface area (Å²) in [5, 5.41) is 13.8. The summed E-state index contributed by atoms with van der Waals surface area (Å²) >= 11 is 0. The molecular weight excluding hydrogens is 480 g/mol. The summed E-state index contributed by atoms with van der Waals surface area (Å²) < 4.78 is 0. The van der Waals surface area contributed by atoms with Gasteiger partial charge in [-0.3, -0.25) is 20.3 Å². The molecular formula is C28H31N8O2+. The van der Waals surface area contributed by atoms with Crippen LogP contribution in [0.3, 0.4) is 0 Å². The van der Waals surface area contributed by atoms with Crippen LogP contribution in [-0.2, 0) is 4.79 Å². The second-order valence-electron chi connectivity index (χ2n) is 10.0. The second kappa shape index (κ2) is 10.5. The minimum absolute atomic E-state index is 0.00503. The highest BCUT2D eigenvalue weighted by atomic mass is 16.2. The molecule has 2 amide bonds. The molecule has 0 bridgehead atoms. The summed E-state index contributed by atoms with van der Waals surface area (Å²) in [5.41, 5.74) is 8.97. The molecule has 3 aromatic rings. The number of rotatable bonds is 7. The Morgan fingerprint density at radius 2 is 1.79 bits per heavy atom. The molecule has 2 unspecified atom stereocenters. The quantitative estimate of drug-likeness (QED) is 0.281. The van der Waals surface area contributed by atoms with Gasteiger partial charge in [-0.15, -0.1) is 0 Å². The molecule has 5 rings (SSSR count). The Morgan fingerprint density at radius 1 is 1.11 bits per heavy atom. The molecule has 2 aliphatic rings. The number of carbonyl (C=O) groups is 2. The van der Waals surface area contributed by atoms with Crippen molar-refractivity contribution in [2.24, 2.45) is 11.8 Å². The number of carbonyl (C=O) groups excluding carboxylic acids is 2. The number of benzene rings is 1. The van der Waals surface area contributed by atoms with E-state index >= 15 is 0 Å². The van der Waals surface area contributed by atoms with E-state index < -0.39 is 0 Å². The van der Waals surface area contributed by atoms with Gasteiger partial charge in [0.25, 0.3) is 5.91 Å². The van der Waals surface area contributed by atoms with E-state index in [1.165, 1.54) is 12.4 Å². The Labute approximate surface area is 220 Å². The molecule has 0 spiro atoms. The summed E-state index contributed by atoms with van der Waals surface area (Å²) in [7, 11) is 0. The Hall–Kier alpha value is -4.44. The average molecular weight is 512 g/mol. The standard InChI is InChI=1S/C28H30N8O2/c1-3-23(37)36-13-19-11-21(12-20(19)14-36)34-27-24(26(30)32-15-33-27)25(29)17-4-6-18(7-5-17)28(38)35-22-10-16(2)8-9-31-22/h3-10,15,19-21,29H,1,11-14H2,2H3,(H,31,35,38)(H3,30,32,33,34)/p+1. The molecule has 2 aromatic heterocycles. The number of nitrogens with two attached hydrogens (primary N) is 2. The maximum atomic E-state index is 12.7. The van der Waals surface area contributed by atoms with E-state index in [9.17, 15) is 9.59 Å². The van der Waals surface area contributed by atoms with E-state index in [4.69, 9.17) is 11.1 Å². The number of nitrogen functional groups attached to an aromatic ring is 1. The Morgan fingerprint density at radius 3 is 2.45 bits per heavy atom. The molecule has 0 radical (unpaired) electrons. The van der Waals surface area contributed by atoms with Crippen molar-refractivity contribution < 1.29 is 14.9 Å². The van der Waals surface area contributed by atoms with Crippen molar-refractivity contribution in [3.63, 3.8) is 0 Å². The van der Waals surface area contributed by atoms with Gasteiger partial charge in [0.15, 0.2) is 0 Å². The largest absolute Gasteiger partial charge is 0.383 e. The summed E-state index contributed by atoms with van der Waals surface area (Å²) in [6.45, 7) is 7.04. The number of quaternary nitrogens is 1. The minimum Gasteiger partial charge on any atom is -0.383 e. The lowest BCUT2D eigenvalue weighted by Gasteiger charge is -2.18. The van der Waals surface area contributed by atoms with E-state index in [-0.39, 0.29) is 29.4 Å². The maximum Gasteiger partial charge on any atom is 0.256 e. The fourth-order valence-corrected chi connectivity index (χ4v) is 5.54. The Kier molecular flexibility index (Phi) is 6.97. The fraction of sp³-hybridized carbons (Fsp3) is 0.286. The van der Waals surface area contributed by atoms with E-state index in [2.05, 4.69) is 32.2 Å². The third-order valence-corrected chi connectivity index (χ3v) is 7.42. The van der Waals surface area contributed by atoms with Crippen molar-refractivity contribution in [2.45, 2.75) is 25.8 Å². The second-order valence-corrected chi connectivity index (χ2v) is 10.0. The van der Waals surface area contributed by atoms with E-state index in [1.54, 1.807) is 36.5 Å². The van der Waals surface area contributed by atoms with Crippen molar-refractivity contribution >= 4 is 35.0 Å². The number of nitrogens with zero attached hydrogens (tertiary/aromatic N) is 4. The molecule has 1 saturated heterocycles. The summed E-state index contributed by atoms with van der Waals surface area (Å²) in [6.07, 6.45) is 6.37. The van der Waals surface area contributed by atoms with Crippen LogP contribution in [0.4, 0.5) is 17.5 Å². The number of hydrogen-bond acceptors (Lipinski definition) is 7. The van der Waals surface area contributed by atoms with E-state index in [0.717, 1.165) is 31.5 Å². The zero-order valence-corrected chi connectivity index (χ0v) is 21.2. The van der Waals surface area contributed by atoms with Crippen molar-refractivity contribution in [3.8, 4) is 0 Å². The van der Waals surface area contributed by atoms with Gasteiger partial charge < -0.3 is 16.0 Å². The van der Waals surface area contributed by atoms with Crippen LogP contribution in [0.15, 0.2) is 61.6 Å². The van der Waals surface area contributed by atoms with Crippen LogP contribution < -0.4 is 16.4 Å². The van der Waals surface area contributed by atoms with Gasteiger partial charge in [-0.25, -0.2) is 9.97 Å². The first-order valence-corrected chi connectivity index (χ1v) is 12.6. The van der Waals surface area contributed by atoms with Crippen molar-refractivity contribution in [2.75, 3.05) is 24.1 Å². The van der Waals surface area contributed by atoms with Crippen LogP contribution >= 0.6 is 0 Å². The lowest BCUT2D eigenvalue weighted by Crippen LogP contribution is -2.85. The van der Waals surface area contributed by atoms with Crippen LogP contribution in [0.1, 0.15) is 39.9 Å². The first-order chi connectivity index (χ1) is 18.3. The van der Waals surface area contributed by atoms with Gasteiger partial charge in [-0.1, -0.05) is 18.7 Å². The lowest BCUT2D eigenvalue weighted by atomic mass is 10.0. The Bertz CT molecular complexity index is 1390. The fourth-order valence-electron chi connectivity index (χ4n) is 5.54. The number of likely N-dealkylation sites (tertiary alicyclic amines) is 1. The number of aryl methyl sites for hydroxylation is 1. The molecule has 3 heterocycles. The third kappa shape index (κ3) is 5.16. The normalized spacial score (nSPS) is 20.1. The monoisotopic (exact) mass is 511 g/mol. The lowest BCUT2D eigenvalue weighted by molar-refractivity contribution is -0.613. The number of hydrogen-bond donors (Lipinski definition) is 4. The molecule has 1 saturated carbocycles. The highest BCUT2D eigenvalue weighted by Gasteiger charge is 2.44. The first kappa shape index (κ1) is 25.2. The first-order valence-electron chi connectivity index (χ1n) is 12.6. The van der Waals surface area contributed by atoms with Gasteiger partial charge in [0, 0.05) is 43.3 Å². The molecule has 2 fully saturated rings. The van der Waals surface area contributed by atoms with E-state index in [1.807, 2.05) is 17.9 Å². The average Bonchev–Trinajstić information content (AvgIpc) is 3.47. The van der Waals surface area contributed by atoms with Gasteiger partial charge in [0.2, 0.25) is 11.7 Å². The number of anilines is 2. The summed E-state index contributed by atoms with van der Waals surface area (Å²) in [4.78, 5) is 39.3. The van der Waals surface area contributed by atoms with Gasteiger partial charge in [-0.05, 0) is 54.7 Å². The SMILES string of the molecule is C=CC(=O)N1CC2CC([NH2+]c3ncnc(N)c3C(=N)c3ccc(C(=O)Nc4cc(C)ccn4)cc3)CC2C1. The van der Waals surface area contributed by atoms with Gasteiger partial charge in [-0.2, -0.15) is 4.98 Å². The van der Waals surface area contributed by atoms with Crippen LogP contribution in [0.25, 0.3) is 0 Å². The zero-order valence-electron chi connectivity index (χ0n) is 21.2. The molecule has 6 N–H and O–H groups in total. The summed E-state index contributed by atoms with van der Waals surface area (Å²) in [5.74, 6) is 1.99. The number of fused-ring (bicyclic) bond motifs is 1. The van der Waals surface area contributed by atoms with Crippen LogP contribution in [0.2, 0.25) is 0 Å². The van der Waals surface area contributed by atoms with Gasteiger partial charge in [0.1, 0.15) is 23.5 Å². The highest BCUT2D eigenvalue weighted by molar-refractivity contribution is 6.15. The number of pyridine rings is 1. The maximum absolute atomic E-state index is 12.7. The predicted octanol–water partition coefficient (Wildman–Crippen LogP) is 2.05. The molecule has 38 heavy (non-hydrogen) atoms. The van der Waals surface area contributed by atoms with Gasteiger partial charge >= 0.3 is 0 Å². The molecule has 10 nitrogen and oxygen atoms in total. The number of aromatic nitrogens is 3. The molecule has 2 atom stereocenters. The van der Waals surface area contributed by atoms with Crippen LogP contribution in [0.5, 0.6) is 0 Å². The third-order valence-electron chi connectivity index (χ3n) is 7.42. The molecule has 10 heteroatoms. The molecule has 1 aliphatic carbocycles. The smallest absolute Gasteiger partial charge is 0.256 e. The van der Waals surface area contributed by atoms with Crippen molar-refractivity contribution in [1.82, 2.24) is 19.9 Å². The molecule has 1 aliphatic heterocycles. The number of amides is 2. The molecule has 1 aromatic carbocycles. The van der Waals surface area contributed by atoms with Crippen molar-refractivity contribution in [1.29, 1.82) is 5.41 Å². The van der Waals surface area contributed by atoms with Crippen molar-refractivity contribution in [3.05, 3.63) is 83.8 Å².